The minimum absolute atomic E-state index is 0. The van der Waals surface area contributed by atoms with Crippen molar-refractivity contribution >= 4 is 28.3 Å². The first kappa shape index (κ1) is 17.0. The Kier molecular flexibility index (Phi) is 7.06. The third kappa shape index (κ3) is 4.82. The van der Waals surface area contributed by atoms with Crippen LogP contribution in [0.25, 0.3) is 0 Å². The van der Waals surface area contributed by atoms with Crippen LogP contribution in [-0.4, -0.2) is 7.11 Å². The first-order chi connectivity index (χ1) is 9.19. The van der Waals surface area contributed by atoms with E-state index >= 15 is 0 Å². The summed E-state index contributed by atoms with van der Waals surface area (Å²) in [7, 11) is 1.70. The summed E-state index contributed by atoms with van der Waals surface area (Å²) in [6.07, 6.45) is 0. The van der Waals surface area contributed by atoms with E-state index in [0.717, 1.165) is 28.9 Å². The van der Waals surface area contributed by atoms with Gasteiger partial charge in [0.15, 0.2) is 0 Å². The number of methoxy groups -OCH3 is 1. The molecule has 0 saturated carbocycles. The van der Waals surface area contributed by atoms with Gasteiger partial charge in [0, 0.05) is 23.1 Å². The van der Waals surface area contributed by atoms with Gasteiger partial charge in [0.2, 0.25) is 0 Å². The Labute approximate surface area is 135 Å². The maximum absolute atomic E-state index is 5.36. The Balaban J connectivity index is 0.00000200. The molecular weight excluding hydrogens is 338 g/mol. The molecule has 0 saturated heterocycles. The molecule has 0 aromatic heterocycles. The first-order valence-electron chi connectivity index (χ1n) is 6.27. The van der Waals surface area contributed by atoms with Gasteiger partial charge in [0.25, 0.3) is 0 Å². The molecule has 0 unspecified atom stereocenters. The predicted molar refractivity (Wildman–Crippen MR) is 89.7 cm³/mol. The molecule has 2 aromatic rings. The largest absolute Gasteiger partial charge is 0.496 e. The summed E-state index contributed by atoms with van der Waals surface area (Å²) in [6, 6.07) is 14.6. The van der Waals surface area contributed by atoms with Gasteiger partial charge in [-0.2, -0.15) is 0 Å². The fraction of sp³-hybridized carbons (Fsp3) is 0.250. The second kappa shape index (κ2) is 8.30. The van der Waals surface area contributed by atoms with Crippen LogP contribution in [0.5, 0.6) is 5.75 Å². The van der Waals surface area contributed by atoms with Gasteiger partial charge in [-0.05, 0) is 30.7 Å². The molecule has 2 aromatic carbocycles. The molecule has 1 N–H and O–H groups in total. The highest BCUT2D eigenvalue weighted by Crippen LogP contribution is 2.22. The van der Waals surface area contributed by atoms with Crippen molar-refractivity contribution in [2.45, 2.75) is 20.0 Å². The van der Waals surface area contributed by atoms with E-state index in [2.05, 4.69) is 58.5 Å². The predicted octanol–water partition coefficient (Wildman–Crippen LogP) is 4.48. The van der Waals surface area contributed by atoms with Gasteiger partial charge in [0.05, 0.1) is 7.11 Å². The van der Waals surface area contributed by atoms with Gasteiger partial charge in [-0.3, -0.25) is 0 Å². The fourth-order valence-corrected chi connectivity index (χ4v) is 2.34. The van der Waals surface area contributed by atoms with Crippen LogP contribution in [0.15, 0.2) is 46.9 Å². The zero-order valence-corrected chi connectivity index (χ0v) is 14.1. The van der Waals surface area contributed by atoms with Gasteiger partial charge in [-0.1, -0.05) is 45.8 Å². The van der Waals surface area contributed by atoms with Crippen molar-refractivity contribution < 1.29 is 4.74 Å². The third-order valence-corrected chi connectivity index (χ3v) is 3.50. The van der Waals surface area contributed by atoms with Gasteiger partial charge < -0.3 is 10.1 Å². The monoisotopic (exact) mass is 355 g/mol. The number of ether oxygens (including phenoxy) is 1. The summed E-state index contributed by atoms with van der Waals surface area (Å²) in [4.78, 5) is 0. The molecule has 0 fully saturated rings. The van der Waals surface area contributed by atoms with Gasteiger partial charge in [-0.15, -0.1) is 12.4 Å². The van der Waals surface area contributed by atoms with Crippen molar-refractivity contribution in [2.24, 2.45) is 0 Å². The molecule has 4 heteroatoms. The number of benzene rings is 2. The highest BCUT2D eigenvalue weighted by Gasteiger charge is 2.03. The van der Waals surface area contributed by atoms with E-state index < -0.39 is 0 Å². The van der Waals surface area contributed by atoms with Crippen LogP contribution < -0.4 is 10.1 Å². The Morgan fingerprint density at radius 2 is 1.75 bits per heavy atom. The summed E-state index contributed by atoms with van der Waals surface area (Å²) in [5.41, 5.74) is 3.74. The smallest absolute Gasteiger partial charge is 0.123 e. The minimum atomic E-state index is 0. The van der Waals surface area contributed by atoms with Crippen molar-refractivity contribution in [1.82, 2.24) is 5.32 Å². The SMILES string of the molecule is COc1ccc(Br)cc1CNCc1ccc(C)cc1.Cl. The van der Waals surface area contributed by atoms with E-state index in [1.807, 2.05) is 12.1 Å². The summed E-state index contributed by atoms with van der Waals surface area (Å²) in [5.74, 6) is 0.916. The molecule has 0 aliphatic rings. The number of rotatable bonds is 5. The van der Waals surface area contributed by atoms with Crippen LogP contribution in [0.3, 0.4) is 0 Å². The molecular formula is C16H19BrClNO. The lowest BCUT2D eigenvalue weighted by molar-refractivity contribution is 0.407. The van der Waals surface area contributed by atoms with E-state index in [-0.39, 0.29) is 12.4 Å². The lowest BCUT2D eigenvalue weighted by Crippen LogP contribution is -2.13. The van der Waals surface area contributed by atoms with Crippen LogP contribution >= 0.6 is 28.3 Å². The quantitative estimate of drug-likeness (QED) is 0.853. The zero-order valence-electron chi connectivity index (χ0n) is 11.7. The minimum Gasteiger partial charge on any atom is -0.496 e. The Morgan fingerprint density at radius 1 is 1.05 bits per heavy atom. The zero-order chi connectivity index (χ0) is 13.7. The number of aryl methyl sites for hydroxylation is 1. The van der Waals surface area contributed by atoms with E-state index in [0.29, 0.717) is 0 Å². The highest BCUT2D eigenvalue weighted by atomic mass is 79.9. The van der Waals surface area contributed by atoms with E-state index in [9.17, 15) is 0 Å². The molecule has 0 atom stereocenters. The molecule has 0 bridgehead atoms. The topological polar surface area (TPSA) is 21.3 Å². The van der Waals surface area contributed by atoms with Crippen molar-refractivity contribution in [3.05, 3.63) is 63.6 Å². The van der Waals surface area contributed by atoms with Crippen LogP contribution in [0, 0.1) is 6.92 Å². The molecule has 0 heterocycles. The maximum atomic E-state index is 5.36. The van der Waals surface area contributed by atoms with Crippen molar-refractivity contribution in [1.29, 1.82) is 0 Å². The number of halogens is 2. The second-order valence-corrected chi connectivity index (χ2v) is 5.46. The number of hydrogen-bond donors (Lipinski definition) is 1. The van der Waals surface area contributed by atoms with Crippen LogP contribution in [-0.2, 0) is 13.1 Å². The first-order valence-corrected chi connectivity index (χ1v) is 7.07. The molecule has 0 aliphatic carbocycles. The van der Waals surface area contributed by atoms with Crippen LogP contribution in [0.4, 0.5) is 0 Å². The Morgan fingerprint density at radius 3 is 2.40 bits per heavy atom. The molecule has 0 aliphatic heterocycles. The molecule has 20 heavy (non-hydrogen) atoms. The van der Waals surface area contributed by atoms with Gasteiger partial charge >= 0.3 is 0 Å². The van der Waals surface area contributed by atoms with Crippen molar-refractivity contribution in [3.63, 3.8) is 0 Å². The van der Waals surface area contributed by atoms with Gasteiger partial charge in [0.1, 0.15) is 5.75 Å². The van der Waals surface area contributed by atoms with Crippen molar-refractivity contribution in [3.8, 4) is 5.75 Å². The molecule has 2 nitrogen and oxygen atoms in total. The normalized spacial score (nSPS) is 9.95. The molecule has 2 rings (SSSR count). The summed E-state index contributed by atoms with van der Waals surface area (Å²) >= 11 is 3.49. The second-order valence-electron chi connectivity index (χ2n) is 4.55. The maximum Gasteiger partial charge on any atom is 0.123 e. The third-order valence-electron chi connectivity index (χ3n) is 3.01. The summed E-state index contributed by atoms with van der Waals surface area (Å²) in [5, 5.41) is 3.44. The molecule has 0 spiro atoms. The standard InChI is InChI=1S/C16H18BrNO.ClH/c1-12-3-5-13(6-4-12)10-18-11-14-9-15(17)7-8-16(14)19-2;/h3-9,18H,10-11H2,1-2H3;1H. The Bertz CT molecular complexity index is 543. The average Bonchev–Trinajstić information content (AvgIpc) is 2.41. The van der Waals surface area contributed by atoms with Crippen molar-refractivity contribution in [2.75, 3.05) is 7.11 Å². The number of nitrogens with one attached hydrogen (secondary N) is 1. The average molecular weight is 357 g/mol. The van der Waals surface area contributed by atoms with E-state index in [1.165, 1.54) is 11.1 Å². The van der Waals surface area contributed by atoms with Gasteiger partial charge in [-0.25, -0.2) is 0 Å². The van der Waals surface area contributed by atoms with Crippen LogP contribution in [0.2, 0.25) is 0 Å². The number of hydrogen-bond acceptors (Lipinski definition) is 2. The molecule has 108 valence electrons. The lowest BCUT2D eigenvalue weighted by atomic mass is 10.1. The van der Waals surface area contributed by atoms with E-state index in [1.54, 1.807) is 7.11 Å². The fourth-order valence-electron chi connectivity index (χ4n) is 1.93. The highest BCUT2D eigenvalue weighted by molar-refractivity contribution is 9.10. The summed E-state index contributed by atoms with van der Waals surface area (Å²) in [6.45, 7) is 3.75. The van der Waals surface area contributed by atoms with E-state index in [4.69, 9.17) is 4.74 Å². The Hall–Kier alpha value is -1.03. The summed E-state index contributed by atoms with van der Waals surface area (Å²) < 4.78 is 6.43. The molecule has 0 radical (unpaired) electrons. The lowest BCUT2D eigenvalue weighted by Gasteiger charge is -2.10. The molecule has 0 amide bonds. The van der Waals surface area contributed by atoms with Crippen LogP contribution in [0.1, 0.15) is 16.7 Å².